The third-order valence-electron chi connectivity index (χ3n) is 2.25. The highest BCUT2D eigenvalue weighted by Crippen LogP contribution is 2.17. The molecule has 98 valence electrons. The van der Waals surface area contributed by atoms with Crippen molar-refractivity contribution in [2.45, 2.75) is 19.4 Å². The standard InChI is InChI=1S/C7H13N3O3.C2H4O2/c8-6(9)4-1-2-10(7(12)13)3-5(4)11;1-2(3)4/h4-5,11H,1-3H2,(H3,8,9)(H,12,13);1H3,(H,3,4). The van der Waals surface area contributed by atoms with Crippen LogP contribution < -0.4 is 5.73 Å². The van der Waals surface area contributed by atoms with Gasteiger partial charge in [-0.15, -0.1) is 0 Å². The summed E-state index contributed by atoms with van der Waals surface area (Å²) in [6.45, 7) is 1.45. The Bertz CT molecular complexity index is 303. The Morgan fingerprint density at radius 2 is 1.88 bits per heavy atom. The Hall–Kier alpha value is -1.83. The highest BCUT2D eigenvalue weighted by molar-refractivity contribution is 5.80. The molecule has 0 aliphatic carbocycles. The Morgan fingerprint density at radius 3 is 2.18 bits per heavy atom. The largest absolute Gasteiger partial charge is 0.481 e. The quantitative estimate of drug-likeness (QED) is 0.308. The number of carbonyl (C=O) groups is 2. The maximum Gasteiger partial charge on any atom is 0.407 e. The van der Waals surface area contributed by atoms with Crippen molar-refractivity contribution in [2.24, 2.45) is 11.7 Å². The van der Waals surface area contributed by atoms with Crippen molar-refractivity contribution >= 4 is 17.9 Å². The number of rotatable bonds is 1. The molecule has 17 heavy (non-hydrogen) atoms. The average Bonchev–Trinajstić information content (AvgIpc) is 2.15. The zero-order chi connectivity index (χ0) is 13.6. The Labute approximate surface area is 98.1 Å². The average molecular weight is 247 g/mol. The number of likely N-dealkylation sites (tertiary alicyclic amines) is 1. The van der Waals surface area contributed by atoms with Crippen LogP contribution in [-0.2, 0) is 4.79 Å². The van der Waals surface area contributed by atoms with Gasteiger partial charge in [-0.3, -0.25) is 10.2 Å². The minimum Gasteiger partial charge on any atom is -0.481 e. The zero-order valence-electron chi connectivity index (χ0n) is 9.46. The van der Waals surface area contributed by atoms with Gasteiger partial charge in [-0.05, 0) is 6.42 Å². The third kappa shape index (κ3) is 5.71. The molecule has 1 amide bonds. The molecule has 0 spiro atoms. The maximum atomic E-state index is 10.5. The van der Waals surface area contributed by atoms with Crippen LogP contribution in [0, 0.1) is 11.3 Å². The summed E-state index contributed by atoms with van der Waals surface area (Å²) in [5.41, 5.74) is 5.24. The minimum atomic E-state index is -1.04. The third-order valence-corrected chi connectivity index (χ3v) is 2.25. The molecule has 0 bridgehead atoms. The van der Waals surface area contributed by atoms with Gasteiger partial charge in [-0.2, -0.15) is 0 Å². The number of hydrogen-bond donors (Lipinski definition) is 5. The van der Waals surface area contributed by atoms with E-state index in [1.165, 1.54) is 0 Å². The van der Waals surface area contributed by atoms with Crippen molar-refractivity contribution in [3.63, 3.8) is 0 Å². The van der Waals surface area contributed by atoms with Gasteiger partial charge in [0.2, 0.25) is 0 Å². The number of carboxylic acid groups (broad SMARTS) is 2. The molecule has 1 aliphatic rings. The van der Waals surface area contributed by atoms with Gasteiger partial charge >= 0.3 is 6.09 Å². The summed E-state index contributed by atoms with van der Waals surface area (Å²) in [6, 6.07) is 0. The van der Waals surface area contributed by atoms with Gasteiger partial charge in [-0.25, -0.2) is 4.79 Å². The summed E-state index contributed by atoms with van der Waals surface area (Å²) in [5, 5.41) is 32.6. The molecule has 0 radical (unpaired) electrons. The fraction of sp³-hybridized carbons (Fsp3) is 0.667. The molecule has 2 unspecified atom stereocenters. The van der Waals surface area contributed by atoms with Crippen molar-refractivity contribution < 1.29 is 24.9 Å². The van der Waals surface area contributed by atoms with E-state index in [0.29, 0.717) is 13.0 Å². The second kappa shape index (κ2) is 6.69. The van der Waals surface area contributed by atoms with E-state index in [9.17, 15) is 9.90 Å². The van der Waals surface area contributed by atoms with Crippen LogP contribution in [0.3, 0.4) is 0 Å². The first-order valence-electron chi connectivity index (χ1n) is 4.95. The molecule has 0 aromatic rings. The predicted molar refractivity (Wildman–Crippen MR) is 58.9 cm³/mol. The number of aliphatic carboxylic acids is 1. The lowest BCUT2D eigenvalue weighted by Crippen LogP contribution is -2.49. The molecule has 0 aromatic heterocycles. The van der Waals surface area contributed by atoms with Crippen LogP contribution in [0.2, 0.25) is 0 Å². The summed E-state index contributed by atoms with van der Waals surface area (Å²) in [5.74, 6) is -1.30. The van der Waals surface area contributed by atoms with Crippen molar-refractivity contribution in [3.8, 4) is 0 Å². The number of amidine groups is 1. The SMILES string of the molecule is CC(=O)O.N=C(N)C1CCN(C(=O)O)CC1O. The van der Waals surface area contributed by atoms with E-state index in [1.54, 1.807) is 0 Å². The van der Waals surface area contributed by atoms with Crippen molar-refractivity contribution in [3.05, 3.63) is 0 Å². The number of nitrogens with one attached hydrogen (secondary N) is 1. The first kappa shape index (κ1) is 15.2. The highest BCUT2D eigenvalue weighted by atomic mass is 16.4. The lowest BCUT2D eigenvalue weighted by Gasteiger charge is -2.33. The fourth-order valence-corrected chi connectivity index (χ4v) is 1.47. The number of aliphatic hydroxyl groups is 1. The number of amides is 1. The molecule has 1 heterocycles. The molecule has 1 saturated heterocycles. The second-order valence-electron chi connectivity index (χ2n) is 3.67. The van der Waals surface area contributed by atoms with Crippen LogP contribution in [-0.4, -0.2) is 57.3 Å². The van der Waals surface area contributed by atoms with Crippen LogP contribution in [0.15, 0.2) is 0 Å². The Kier molecular flexibility index (Phi) is 5.97. The van der Waals surface area contributed by atoms with Crippen LogP contribution in [0.4, 0.5) is 4.79 Å². The summed E-state index contributed by atoms with van der Waals surface area (Å²) < 4.78 is 0. The van der Waals surface area contributed by atoms with Gasteiger partial charge in [-0.1, -0.05) is 0 Å². The summed E-state index contributed by atoms with van der Waals surface area (Å²) >= 11 is 0. The van der Waals surface area contributed by atoms with Crippen molar-refractivity contribution in [1.29, 1.82) is 5.41 Å². The number of β-amino-alcohol motifs (C(OH)–C–C–N with tert-alkyl or cyclic N) is 1. The lowest BCUT2D eigenvalue weighted by molar-refractivity contribution is -0.134. The first-order chi connectivity index (χ1) is 7.75. The first-order valence-corrected chi connectivity index (χ1v) is 4.95. The molecule has 2 atom stereocenters. The van der Waals surface area contributed by atoms with E-state index in [4.69, 9.17) is 26.2 Å². The molecule has 6 N–H and O–H groups in total. The van der Waals surface area contributed by atoms with Crippen LogP contribution in [0.5, 0.6) is 0 Å². The monoisotopic (exact) mass is 247 g/mol. The van der Waals surface area contributed by atoms with E-state index in [0.717, 1.165) is 11.8 Å². The summed E-state index contributed by atoms with van der Waals surface area (Å²) in [7, 11) is 0. The molecular formula is C9H17N3O5. The fourth-order valence-electron chi connectivity index (χ4n) is 1.47. The van der Waals surface area contributed by atoms with Crippen LogP contribution >= 0.6 is 0 Å². The number of nitrogens with two attached hydrogens (primary N) is 1. The van der Waals surface area contributed by atoms with E-state index < -0.39 is 24.1 Å². The summed E-state index contributed by atoms with van der Waals surface area (Å²) in [6.07, 6.45) is -1.47. The van der Waals surface area contributed by atoms with Crippen LogP contribution in [0.1, 0.15) is 13.3 Å². The molecule has 1 rings (SSSR count). The number of nitrogens with zero attached hydrogens (tertiary/aromatic N) is 1. The molecule has 0 saturated carbocycles. The summed E-state index contributed by atoms with van der Waals surface area (Å²) in [4.78, 5) is 20.6. The second-order valence-corrected chi connectivity index (χ2v) is 3.67. The van der Waals surface area contributed by atoms with Gasteiger partial charge in [0.15, 0.2) is 0 Å². The number of hydrogen-bond acceptors (Lipinski definition) is 4. The van der Waals surface area contributed by atoms with Gasteiger partial charge in [0.1, 0.15) is 0 Å². The highest BCUT2D eigenvalue weighted by Gasteiger charge is 2.31. The molecular weight excluding hydrogens is 230 g/mol. The van der Waals surface area contributed by atoms with Gasteiger partial charge < -0.3 is 26.0 Å². The molecule has 8 nitrogen and oxygen atoms in total. The van der Waals surface area contributed by atoms with Gasteiger partial charge in [0.05, 0.1) is 18.5 Å². The van der Waals surface area contributed by atoms with Crippen LogP contribution in [0.25, 0.3) is 0 Å². The maximum absolute atomic E-state index is 10.5. The normalized spacial score (nSPS) is 23.3. The topological polar surface area (TPSA) is 148 Å². The van der Waals surface area contributed by atoms with E-state index in [-0.39, 0.29) is 12.4 Å². The van der Waals surface area contributed by atoms with E-state index >= 15 is 0 Å². The lowest BCUT2D eigenvalue weighted by atomic mass is 9.93. The Balaban J connectivity index is 0.000000557. The molecule has 1 aliphatic heterocycles. The smallest absolute Gasteiger partial charge is 0.407 e. The van der Waals surface area contributed by atoms with Gasteiger partial charge in [0.25, 0.3) is 5.97 Å². The van der Waals surface area contributed by atoms with Gasteiger partial charge in [0, 0.05) is 19.4 Å². The number of piperidine rings is 1. The molecule has 1 fully saturated rings. The van der Waals surface area contributed by atoms with Crippen molar-refractivity contribution in [2.75, 3.05) is 13.1 Å². The molecule has 0 aromatic carbocycles. The predicted octanol–water partition coefficient (Wildman–Crippen LogP) is -0.626. The number of aliphatic hydroxyl groups excluding tert-OH is 1. The van der Waals surface area contributed by atoms with E-state index in [1.807, 2.05) is 0 Å². The molecule has 8 heteroatoms. The Morgan fingerprint density at radius 1 is 1.41 bits per heavy atom. The minimum absolute atomic E-state index is 0.0413. The zero-order valence-corrected chi connectivity index (χ0v) is 9.46. The number of carboxylic acids is 1. The van der Waals surface area contributed by atoms with E-state index in [2.05, 4.69) is 0 Å². The van der Waals surface area contributed by atoms with Crippen molar-refractivity contribution in [1.82, 2.24) is 4.90 Å².